The van der Waals surface area contributed by atoms with Crippen molar-refractivity contribution in [2.45, 2.75) is 41.5 Å². The molecule has 0 radical (unpaired) electrons. The highest BCUT2D eigenvalue weighted by Crippen LogP contribution is 1.88. The molecule has 8 heavy (non-hydrogen) atoms. The van der Waals surface area contributed by atoms with Gasteiger partial charge in [0.15, 0.2) is 0 Å². The maximum Gasteiger partial charge on any atom is -0.0354 e. The lowest BCUT2D eigenvalue weighted by Gasteiger charge is -1.79. The molecule has 0 saturated carbocycles. The molecule has 0 spiro atoms. The number of hydrogen-bond donors (Lipinski definition) is 0. The van der Waals surface area contributed by atoms with Gasteiger partial charge in [-0.25, -0.2) is 0 Å². The highest BCUT2D eigenvalue weighted by atomic mass is 13.7. The summed E-state index contributed by atoms with van der Waals surface area (Å²) in [5.74, 6) is 0. The molecule has 52 valence electrons. The molecular weight excluding hydrogens is 96.1 g/mol. The van der Waals surface area contributed by atoms with Crippen molar-refractivity contribution in [2.24, 2.45) is 0 Å². The highest BCUT2D eigenvalue weighted by Gasteiger charge is 1.67. The van der Waals surface area contributed by atoms with Gasteiger partial charge in [0.2, 0.25) is 0 Å². The molecule has 0 heteroatoms. The predicted molar refractivity (Wildman–Crippen MR) is 43.2 cm³/mol. The van der Waals surface area contributed by atoms with E-state index in [1.807, 2.05) is 20.8 Å². The number of hydrogen-bond acceptors (Lipinski definition) is 0. The highest BCUT2D eigenvalue weighted by molar-refractivity contribution is 4.84. The zero-order valence-electron chi connectivity index (χ0n) is 5.91. The summed E-state index contributed by atoms with van der Waals surface area (Å²) >= 11 is 0. The molecular formula is C8H20. The lowest BCUT2D eigenvalue weighted by atomic mass is 10.3. The largest absolute Gasteiger partial charge is 0.100 e. The molecule has 0 aromatic heterocycles. The van der Waals surface area contributed by atoms with Crippen molar-refractivity contribution >= 4 is 0 Å². The monoisotopic (exact) mass is 116 g/mol. The summed E-state index contributed by atoms with van der Waals surface area (Å²) < 4.78 is 0. The first kappa shape index (κ1) is 15.6. The molecule has 0 unspecified atom stereocenters. The quantitative estimate of drug-likeness (QED) is 0.459. The van der Waals surface area contributed by atoms with E-state index in [1.54, 1.807) is 0 Å². The van der Waals surface area contributed by atoms with Crippen molar-refractivity contribution in [3.8, 4) is 0 Å². The Balaban J connectivity index is -0.0000000750. The van der Waals surface area contributed by atoms with E-state index < -0.39 is 0 Å². The fourth-order valence-corrected chi connectivity index (χ4v) is 0. The maximum absolute atomic E-state index is 3.67. The van der Waals surface area contributed by atoms with Crippen LogP contribution in [0.3, 0.4) is 0 Å². The summed E-state index contributed by atoms with van der Waals surface area (Å²) in [6.45, 7) is 11.8. The molecule has 0 nitrogen and oxygen atoms in total. The van der Waals surface area contributed by atoms with Gasteiger partial charge in [-0.15, -0.1) is 6.58 Å². The van der Waals surface area contributed by atoms with Crippen LogP contribution in [0.15, 0.2) is 12.2 Å². The first-order valence-electron chi connectivity index (χ1n) is 2.91. The number of allylic oxidation sites excluding steroid dienone is 1. The third kappa shape index (κ3) is 42.6. The Morgan fingerprint density at radius 1 is 1.38 bits per heavy atom. The van der Waals surface area contributed by atoms with Crippen LogP contribution >= 0.6 is 0 Å². The van der Waals surface area contributed by atoms with Gasteiger partial charge in [-0.2, -0.15) is 0 Å². The molecule has 0 aliphatic carbocycles. The fraction of sp³-hybridized carbons (Fsp3) is 0.750. The first-order valence-corrected chi connectivity index (χ1v) is 2.91. The van der Waals surface area contributed by atoms with Crippen LogP contribution in [0.25, 0.3) is 0 Å². The van der Waals surface area contributed by atoms with E-state index in [-0.39, 0.29) is 7.43 Å². The normalized spacial score (nSPS) is 5.50. The van der Waals surface area contributed by atoms with Crippen LogP contribution in [0, 0.1) is 0 Å². The second-order valence-electron chi connectivity index (χ2n) is 1.31. The van der Waals surface area contributed by atoms with Crippen LogP contribution < -0.4 is 0 Å². The summed E-state index contributed by atoms with van der Waals surface area (Å²) in [6, 6.07) is 0. The topological polar surface area (TPSA) is 0 Å². The van der Waals surface area contributed by atoms with Crippen LogP contribution in [0.4, 0.5) is 0 Å². The van der Waals surface area contributed by atoms with Gasteiger partial charge in [-0.3, -0.25) is 0 Å². The first-order chi connectivity index (χ1) is 3.27. The van der Waals surface area contributed by atoms with Crippen molar-refractivity contribution in [2.75, 3.05) is 0 Å². The molecule has 0 aromatic carbocycles. The molecule has 0 heterocycles. The van der Waals surface area contributed by atoms with Gasteiger partial charge in [0, 0.05) is 0 Å². The fourth-order valence-electron chi connectivity index (χ4n) is 0. The average molecular weight is 116 g/mol. The van der Waals surface area contributed by atoms with Crippen LogP contribution in [0.5, 0.6) is 0 Å². The molecule has 0 amide bonds. The summed E-state index contributed by atoms with van der Waals surface area (Å²) in [6.07, 6.45) is 1.11. The maximum atomic E-state index is 3.67. The van der Waals surface area contributed by atoms with Crippen molar-refractivity contribution in [1.29, 1.82) is 0 Å². The summed E-state index contributed by atoms with van der Waals surface area (Å²) in [5.41, 5.74) is 1.25. The minimum Gasteiger partial charge on any atom is -0.100 e. The minimum atomic E-state index is 0. The van der Waals surface area contributed by atoms with Gasteiger partial charge in [0.1, 0.15) is 0 Å². The second-order valence-corrected chi connectivity index (χ2v) is 1.31. The van der Waals surface area contributed by atoms with Gasteiger partial charge in [-0.1, -0.05) is 33.8 Å². The Bertz CT molecular complexity index is 35.3. The Morgan fingerprint density at radius 2 is 1.50 bits per heavy atom. The molecule has 0 fully saturated rings. The van der Waals surface area contributed by atoms with Gasteiger partial charge in [0.05, 0.1) is 0 Å². The molecule has 0 rings (SSSR count). The van der Waals surface area contributed by atoms with E-state index in [1.165, 1.54) is 5.57 Å². The van der Waals surface area contributed by atoms with E-state index in [9.17, 15) is 0 Å². The summed E-state index contributed by atoms with van der Waals surface area (Å²) in [5, 5.41) is 0. The van der Waals surface area contributed by atoms with Crippen molar-refractivity contribution in [1.82, 2.24) is 0 Å². The van der Waals surface area contributed by atoms with E-state index in [0.29, 0.717) is 0 Å². The van der Waals surface area contributed by atoms with Gasteiger partial charge in [0.25, 0.3) is 0 Å². The van der Waals surface area contributed by atoms with Gasteiger partial charge < -0.3 is 0 Å². The van der Waals surface area contributed by atoms with E-state index in [0.717, 1.165) is 6.42 Å². The predicted octanol–water partition coefficient (Wildman–Crippen LogP) is 3.63. The Kier molecular flexibility index (Phi) is 31.1. The third-order valence-corrected chi connectivity index (χ3v) is 0.604. The smallest absolute Gasteiger partial charge is 0.0354 e. The van der Waals surface area contributed by atoms with Crippen LogP contribution in [-0.2, 0) is 0 Å². The molecule has 0 aliphatic heterocycles. The Hall–Kier alpha value is -0.260. The zero-order chi connectivity index (χ0) is 6.28. The van der Waals surface area contributed by atoms with E-state index >= 15 is 0 Å². The van der Waals surface area contributed by atoms with Gasteiger partial charge in [-0.05, 0) is 13.3 Å². The van der Waals surface area contributed by atoms with Crippen molar-refractivity contribution in [3.05, 3.63) is 12.2 Å². The Labute approximate surface area is 54.6 Å². The summed E-state index contributed by atoms with van der Waals surface area (Å²) in [4.78, 5) is 0. The molecule has 0 aromatic rings. The Morgan fingerprint density at radius 3 is 1.50 bits per heavy atom. The molecule has 0 saturated heterocycles. The SMILES string of the molecule is C.C=C(C)CC.CC. The minimum absolute atomic E-state index is 0. The summed E-state index contributed by atoms with van der Waals surface area (Å²) in [7, 11) is 0. The van der Waals surface area contributed by atoms with E-state index in [2.05, 4.69) is 13.5 Å². The van der Waals surface area contributed by atoms with E-state index in [4.69, 9.17) is 0 Å². The average Bonchev–Trinajstić information content (AvgIpc) is 1.73. The van der Waals surface area contributed by atoms with Crippen molar-refractivity contribution < 1.29 is 0 Å². The zero-order valence-corrected chi connectivity index (χ0v) is 5.91. The lowest BCUT2D eigenvalue weighted by Crippen LogP contribution is -1.58. The van der Waals surface area contributed by atoms with Crippen molar-refractivity contribution in [3.63, 3.8) is 0 Å². The molecule has 0 bridgehead atoms. The molecule has 0 atom stereocenters. The second kappa shape index (κ2) is 15.9. The van der Waals surface area contributed by atoms with Crippen LogP contribution in [-0.4, -0.2) is 0 Å². The standard InChI is InChI=1S/C5H10.C2H6.CH4/c1-4-5(2)3;1-2;/h2,4H2,1,3H3;1-2H3;1H4. The lowest BCUT2D eigenvalue weighted by molar-refractivity contribution is 1.11. The third-order valence-electron chi connectivity index (χ3n) is 0.604. The molecule has 0 N–H and O–H groups in total. The number of rotatable bonds is 1. The van der Waals surface area contributed by atoms with Gasteiger partial charge >= 0.3 is 0 Å². The van der Waals surface area contributed by atoms with Crippen LogP contribution in [0.2, 0.25) is 0 Å². The van der Waals surface area contributed by atoms with Crippen LogP contribution in [0.1, 0.15) is 41.5 Å². The molecule has 0 aliphatic rings.